The average Bonchev–Trinajstić information content (AvgIpc) is 3.92. The number of anilines is 3. The zero-order chi connectivity index (χ0) is 37.0. The van der Waals surface area contributed by atoms with Crippen LogP contribution in [0.2, 0.25) is 0 Å². The minimum Gasteiger partial charge on any atom is -0.456 e. The van der Waals surface area contributed by atoms with E-state index in [-0.39, 0.29) is 0 Å². The standard InChI is InChI=1S/C53H31BN2O/c1-2-14-31-28-43-37(27-30(31)13-1)34-18-11-19-36(51(34)55-43)49-48-35-17-5-10-26-46(35)57-47(48)29-45-50(49)54-42-24-12-23-41-52(42)56(45)44-25-9-8-22-40(44)53(41)38-20-6-3-15-32(38)33-16-4-7-21-39(33)53/h1-29,54-55H. The lowest BCUT2D eigenvalue weighted by atomic mass is 9.54. The van der Waals surface area contributed by atoms with Crippen LogP contribution in [0.3, 0.4) is 0 Å². The van der Waals surface area contributed by atoms with Crippen molar-refractivity contribution in [2.24, 2.45) is 0 Å². The number of hydrogen-bond donors (Lipinski definition) is 1. The van der Waals surface area contributed by atoms with E-state index < -0.39 is 5.41 Å². The molecule has 0 unspecified atom stereocenters. The van der Waals surface area contributed by atoms with E-state index in [1.807, 2.05) is 0 Å². The van der Waals surface area contributed by atoms with Crippen LogP contribution in [-0.4, -0.2) is 12.3 Å². The van der Waals surface area contributed by atoms with E-state index in [2.05, 4.69) is 186 Å². The van der Waals surface area contributed by atoms with Gasteiger partial charge >= 0.3 is 0 Å². The zero-order valence-electron chi connectivity index (χ0n) is 30.8. The van der Waals surface area contributed by atoms with Crippen LogP contribution in [0.15, 0.2) is 180 Å². The first-order valence-corrected chi connectivity index (χ1v) is 19.9. The van der Waals surface area contributed by atoms with Crippen molar-refractivity contribution in [2.75, 3.05) is 4.90 Å². The molecule has 0 fully saturated rings. The average molecular weight is 723 g/mol. The summed E-state index contributed by atoms with van der Waals surface area (Å²) in [5.41, 5.74) is 20.4. The highest BCUT2D eigenvalue weighted by Crippen LogP contribution is 2.63. The van der Waals surface area contributed by atoms with Gasteiger partial charge in [-0.3, -0.25) is 0 Å². The van der Waals surface area contributed by atoms with Gasteiger partial charge in [-0.05, 0) is 79.4 Å². The van der Waals surface area contributed by atoms with E-state index >= 15 is 0 Å². The van der Waals surface area contributed by atoms with Crippen molar-refractivity contribution in [1.29, 1.82) is 0 Å². The maximum Gasteiger partial charge on any atom is 0.198 e. The summed E-state index contributed by atoms with van der Waals surface area (Å²) in [6, 6.07) is 65.3. The Labute approximate surface area is 328 Å². The van der Waals surface area contributed by atoms with E-state index in [4.69, 9.17) is 4.42 Å². The molecule has 3 nitrogen and oxygen atoms in total. The smallest absolute Gasteiger partial charge is 0.198 e. The number of para-hydroxylation sites is 4. The normalized spacial score (nSPS) is 14.2. The summed E-state index contributed by atoms with van der Waals surface area (Å²) < 4.78 is 6.87. The van der Waals surface area contributed by atoms with Crippen LogP contribution in [0.5, 0.6) is 0 Å². The number of nitrogens with zero attached hydrogens (tertiary/aromatic N) is 1. The molecule has 3 aliphatic rings. The Morgan fingerprint density at radius 2 is 1.14 bits per heavy atom. The molecule has 0 atom stereocenters. The second-order valence-corrected chi connectivity index (χ2v) is 16.0. The molecule has 1 spiro atoms. The molecule has 0 saturated carbocycles. The van der Waals surface area contributed by atoms with Crippen LogP contribution in [0.25, 0.3) is 76.8 Å². The van der Waals surface area contributed by atoms with Crippen LogP contribution < -0.4 is 15.8 Å². The fourth-order valence-electron chi connectivity index (χ4n) is 11.2. The van der Waals surface area contributed by atoms with Crippen molar-refractivity contribution < 1.29 is 4.42 Å². The van der Waals surface area contributed by atoms with Crippen molar-refractivity contribution in [3.63, 3.8) is 0 Å². The first-order chi connectivity index (χ1) is 28.3. The molecule has 2 aromatic heterocycles. The first kappa shape index (κ1) is 30.0. The molecule has 9 aromatic carbocycles. The Kier molecular flexibility index (Phi) is 5.53. The zero-order valence-corrected chi connectivity index (χ0v) is 30.8. The summed E-state index contributed by atoms with van der Waals surface area (Å²) >= 11 is 0. The molecule has 4 heteroatoms. The van der Waals surface area contributed by atoms with Crippen LogP contribution in [-0.2, 0) is 5.41 Å². The van der Waals surface area contributed by atoms with Gasteiger partial charge in [0.1, 0.15) is 11.2 Å². The number of nitrogens with one attached hydrogen (secondary N) is 1. The van der Waals surface area contributed by atoms with Crippen molar-refractivity contribution in [3.05, 3.63) is 198 Å². The van der Waals surface area contributed by atoms with Gasteiger partial charge in [-0.25, -0.2) is 0 Å². The SMILES string of the molecule is B1c2cccc3c2N(c2ccccc2C32c3ccccc3-c3ccccc32)c2cc3oc4ccccc4c3c(-c3cccc4c3[nH]c3cc5ccccc5cc34)c21. The highest BCUT2D eigenvalue weighted by Gasteiger charge is 2.53. The Balaban J connectivity index is 1.11. The highest BCUT2D eigenvalue weighted by atomic mass is 16.3. The van der Waals surface area contributed by atoms with Crippen LogP contribution in [0.1, 0.15) is 22.3 Å². The summed E-state index contributed by atoms with van der Waals surface area (Å²) in [4.78, 5) is 6.51. The van der Waals surface area contributed by atoms with E-state index in [9.17, 15) is 0 Å². The summed E-state index contributed by atoms with van der Waals surface area (Å²) in [6.45, 7) is 0. The lowest BCUT2D eigenvalue weighted by Crippen LogP contribution is -2.47. The molecule has 1 aliphatic carbocycles. The number of hydrogen-bond acceptors (Lipinski definition) is 2. The predicted molar refractivity (Wildman–Crippen MR) is 238 cm³/mol. The van der Waals surface area contributed by atoms with E-state index in [0.717, 1.165) is 34.9 Å². The van der Waals surface area contributed by atoms with Crippen LogP contribution >= 0.6 is 0 Å². The van der Waals surface area contributed by atoms with Gasteiger partial charge in [-0.1, -0.05) is 151 Å². The fraction of sp³-hybridized carbons (Fsp3) is 0.0189. The van der Waals surface area contributed by atoms with Crippen molar-refractivity contribution in [1.82, 2.24) is 4.98 Å². The maximum atomic E-state index is 6.87. The predicted octanol–water partition coefficient (Wildman–Crippen LogP) is 11.9. The van der Waals surface area contributed by atoms with Gasteiger partial charge in [0.2, 0.25) is 0 Å². The Morgan fingerprint density at radius 1 is 0.491 bits per heavy atom. The molecule has 0 saturated heterocycles. The molecule has 4 heterocycles. The summed E-state index contributed by atoms with van der Waals surface area (Å²) in [5.74, 6) is 0. The molecule has 2 aliphatic heterocycles. The number of rotatable bonds is 1. The monoisotopic (exact) mass is 722 g/mol. The molecule has 262 valence electrons. The largest absolute Gasteiger partial charge is 0.456 e. The fourth-order valence-corrected chi connectivity index (χ4v) is 11.2. The number of aromatic amines is 1. The molecule has 0 radical (unpaired) electrons. The number of aromatic nitrogens is 1. The number of fused-ring (bicyclic) bond motifs is 18. The van der Waals surface area contributed by atoms with Gasteiger partial charge in [-0.15, -0.1) is 0 Å². The second kappa shape index (κ2) is 10.5. The Morgan fingerprint density at radius 3 is 1.98 bits per heavy atom. The van der Waals surface area contributed by atoms with Gasteiger partial charge < -0.3 is 14.3 Å². The van der Waals surface area contributed by atoms with Gasteiger partial charge in [0.05, 0.1) is 16.6 Å². The second-order valence-electron chi connectivity index (χ2n) is 16.0. The molecule has 57 heavy (non-hydrogen) atoms. The topological polar surface area (TPSA) is 32.2 Å². The Bertz CT molecular complexity index is 3540. The van der Waals surface area contributed by atoms with E-state index in [1.54, 1.807) is 0 Å². The molecule has 0 amide bonds. The van der Waals surface area contributed by atoms with Crippen molar-refractivity contribution >= 4 is 89.8 Å². The van der Waals surface area contributed by atoms with E-state index in [1.165, 1.54) is 99.4 Å². The van der Waals surface area contributed by atoms with Crippen molar-refractivity contribution in [3.8, 4) is 22.3 Å². The van der Waals surface area contributed by atoms with E-state index in [0.29, 0.717) is 0 Å². The van der Waals surface area contributed by atoms with Gasteiger partial charge in [-0.2, -0.15) is 0 Å². The maximum absolute atomic E-state index is 6.87. The molecule has 11 aromatic rings. The van der Waals surface area contributed by atoms with Crippen LogP contribution in [0.4, 0.5) is 17.1 Å². The third-order valence-electron chi connectivity index (χ3n) is 13.4. The summed E-state index contributed by atoms with van der Waals surface area (Å²) in [5, 5.41) is 7.26. The number of furan rings is 1. The molecule has 14 rings (SSSR count). The van der Waals surface area contributed by atoms with Gasteiger partial charge in [0.15, 0.2) is 7.28 Å². The quantitative estimate of drug-likeness (QED) is 0.171. The third kappa shape index (κ3) is 3.60. The number of benzene rings is 9. The first-order valence-electron chi connectivity index (χ1n) is 19.9. The van der Waals surface area contributed by atoms with Crippen LogP contribution in [0, 0.1) is 0 Å². The van der Waals surface area contributed by atoms with Gasteiger partial charge in [0, 0.05) is 50.1 Å². The molecular formula is C53H31BN2O. The minimum atomic E-state index is -0.449. The van der Waals surface area contributed by atoms with Crippen molar-refractivity contribution in [2.45, 2.75) is 5.41 Å². The summed E-state index contributed by atoms with van der Waals surface area (Å²) in [7, 11) is 0.793. The lowest BCUT2D eigenvalue weighted by Gasteiger charge is -2.48. The summed E-state index contributed by atoms with van der Waals surface area (Å²) in [6.07, 6.45) is 0. The highest BCUT2D eigenvalue weighted by molar-refractivity contribution is 6.74. The number of H-pyrrole nitrogens is 1. The molecule has 0 bridgehead atoms. The Hall–Kier alpha value is -7.30. The molecule has 1 N–H and O–H groups in total. The third-order valence-corrected chi connectivity index (χ3v) is 13.4. The lowest BCUT2D eigenvalue weighted by molar-refractivity contribution is 0.669. The molecular weight excluding hydrogens is 691 g/mol. The van der Waals surface area contributed by atoms with Gasteiger partial charge in [0.25, 0.3) is 0 Å². The minimum absolute atomic E-state index is 0.449.